The van der Waals surface area contributed by atoms with Gasteiger partial charge < -0.3 is 5.32 Å². The van der Waals surface area contributed by atoms with Crippen LogP contribution in [-0.2, 0) is 6.42 Å². The second-order valence-corrected chi connectivity index (χ2v) is 4.70. The molecular weight excluding hydrogens is 242 g/mol. The van der Waals surface area contributed by atoms with Gasteiger partial charge in [-0.25, -0.2) is 0 Å². The molecule has 3 rings (SSSR count). The smallest absolute Gasteiger partial charge is 0.0582 e. The third-order valence-electron chi connectivity index (χ3n) is 3.58. The minimum Gasteiger partial charge on any atom is -0.306 e. The quantitative estimate of drug-likeness (QED) is 0.824. The summed E-state index contributed by atoms with van der Waals surface area (Å²) < 4.78 is 0. The van der Waals surface area contributed by atoms with Crippen LogP contribution in [0.1, 0.15) is 28.3 Å². The molecule has 1 heterocycles. The van der Waals surface area contributed by atoms with E-state index in [0.717, 1.165) is 13.0 Å². The molecule has 0 aromatic heterocycles. The topological polar surface area (TPSA) is 12.0 Å². The van der Waals surface area contributed by atoms with Crippen molar-refractivity contribution in [2.24, 2.45) is 0 Å². The van der Waals surface area contributed by atoms with Gasteiger partial charge in [0, 0.05) is 6.54 Å². The largest absolute Gasteiger partial charge is 0.306 e. The van der Waals surface area contributed by atoms with Crippen molar-refractivity contribution in [2.75, 3.05) is 6.54 Å². The normalized spacial score (nSPS) is 17.7. The van der Waals surface area contributed by atoms with Gasteiger partial charge in [0.15, 0.2) is 0 Å². The Morgan fingerprint density at radius 3 is 2.56 bits per heavy atom. The lowest BCUT2D eigenvalue weighted by Gasteiger charge is -2.29. The van der Waals surface area contributed by atoms with Gasteiger partial charge in [-0.05, 0) is 35.6 Å². The highest BCUT2D eigenvalue weighted by molar-refractivity contribution is 5.85. The predicted octanol–water partition coefficient (Wildman–Crippen LogP) is 3.65. The lowest BCUT2D eigenvalue weighted by Crippen LogP contribution is -2.31. The average molecular weight is 260 g/mol. The zero-order valence-corrected chi connectivity index (χ0v) is 11.3. The lowest BCUT2D eigenvalue weighted by molar-refractivity contribution is 0.565. The van der Waals surface area contributed by atoms with Gasteiger partial charge in [0.1, 0.15) is 0 Å². The highest BCUT2D eigenvalue weighted by Crippen LogP contribution is 2.30. The zero-order chi connectivity index (χ0) is 11.7. The van der Waals surface area contributed by atoms with E-state index in [1.54, 1.807) is 0 Å². The monoisotopic (exact) mass is 259 g/mol. The standard InChI is InChI=1S/C16H17N.ClH/c1-12-6-5-9-13-10-11-17-16(15(12)13)14-7-3-2-4-8-14;/h2-9,16-17H,10-11H2,1H3;1H. The predicted molar refractivity (Wildman–Crippen MR) is 78.4 cm³/mol. The van der Waals surface area contributed by atoms with Crippen LogP contribution >= 0.6 is 12.4 Å². The molecule has 1 aliphatic rings. The first-order chi connectivity index (χ1) is 8.36. The van der Waals surface area contributed by atoms with Gasteiger partial charge >= 0.3 is 0 Å². The van der Waals surface area contributed by atoms with Crippen molar-refractivity contribution in [3.63, 3.8) is 0 Å². The van der Waals surface area contributed by atoms with Crippen molar-refractivity contribution in [2.45, 2.75) is 19.4 Å². The summed E-state index contributed by atoms with van der Waals surface area (Å²) in [6.45, 7) is 3.28. The Labute approximate surface area is 115 Å². The molecule has 1 N–H and O–H groups in total. The molecule has 0 fully saturated rings. The summed E-state index contributed by atoms with van der Waals surface area (Å²) in [7, 11) is 0. The van der Waals surface area contributed by atoms with E-state index in [9.17, 15) is 0 Å². The van der Waals surface area contributed by atoms with E-state index in [0.29, 0.717) is 6.04 Å². The van der Waals surface area contributed by atoms with E-state index >= 15 is 0 Å². The third-order valence-corrected chi connectivity index (χ3v) is 3.58. The van der Waals surface area contributed by atoms with Gasteiger partial charge in [-0.15, -0.1) is 12.4 Å². The van der Waals surface area contributed by atoms with Gasteiger partial charge in [0.25, 0.3) is 0 Å². The van der Waals surface area contributed by atoms with E-state index in [-0.39, 0.29) is 12.4 Å². The third kappa shape index (κ3) is 2.29. The maximum absolute atomic E-state index is 3.63. The van der Waals surface area contributed by atoms with E-state index in [1.807, 2.05) is 0 Å². The van der Waals surface area contributed by atoms with Crippen LogP contribution < -0.4 is 5.32 Å². The minimum atomic E-state index is 0. The highest BCUT2D eigenvalue weighted by Gasteiger charge is 2.22. The van der Waals surface area contributed by atoms with Crippen molar-refractivity contribution in [1.29, 1.82) is 0 Å². The molecule has 2 heteroatoms. The van der Waals surface area contributed by atoms with Gasteiger partial charge in [-0.2, -0.15) is 0 Å². The zero-order valence-electron chi connectivity index (χ0n) is 10.5. The molecule has 1 unspecified atom stereocenters. The number of nitrogens with one attached hydrogen (secondary N) is 1. The number of aryl methyl sites for hydroxylation is 1. The maximum atomic E-state index is 3.63. The Morgan fingerprint density at radius 1 is 1.00 bits per heavy atom. The Kier molecular flexibility index (Phi) is 4.05. The van der Waals surface area contributed by atoms with Crippen molar-refractivity contribution < 1.29 is 0 Å². The number of halogens is 1. The molecule has 2 aromatic carbocycles. The highest BCUT2D eigenvalue weighted by atomic mass is 35.5. The van der Waals surface area contributed by atoms with Crippen LogP contribution in [0.5, 0.6) is 0 Å². The van der Waals surface area contributed by atoms with Crippen LogP contribution in [0, 0.1) is 6.92 Å². The van der Waals surface area contributed by atoms with Gasteiger partial charge in [-0.3, -0.25) is 0 Å². The lowest BCUT2D eigenvalue weighted by atomic mass is 9.87. The number of rotatable bonds is 1. The van der Waals surface area contributed by atoms with Gasteiger partial charge in [0.2, 0.25) is 0 Å². The van der Waals surface area contributed by atoms with Crippen molar-refractivity contribution in [3.05, 3.63) is 70.8 Å². The summed E-state index contributed by atoms with van der Waals surface area (Å²) in [5, 5.41) is 3.63. The molecular formula is C16H18ClN. The second kappa shape index (κ2) is 5.55. The van der Waals surface area contributed by atoms with Crippen LogP contribution in [-0.4, -0.2) is 6.54 Å². The molecule has 0 spiro atoms. The Balaban J connectivity index is 0.00000120. The molecule has 1 atom stereocenters. The SMILES string of the molecule is Cc1cccc2c1C(c1ccccc1)NCC2.Cl. The summed E-state index contributed by atoms with van der Waals surface area (Å²) in [5.74, 6) is 0. The van der Waals surface area contributed by atoms with Crippen molar-refractivity contribution >= 4 is 12.4 Å². The number of hydrogen-bond donors (Lipinski definition) is 1. The molecule has 0 saturated heterocycles. The molecule has 0 saturated carbocycles. The molecule has 0 aliphatic carbocycles. The fraction of sp³-hybridized carbons (Fsp3) is 0.250. The summed E-state index contributed by atoms with van der Waals surface area (Å²) in [5.41, 5.74) is 5.73. The van der Waals surface area contributed by atoms with E-state index < -0.39 is 0 Å². The number of benzene rings is 2. The molecule has 1 aliphatic heterocycles. The van der Waals surface area contributed by atoms with E-state index in [4.69, 9.17) is 0 Å². The average Bonchev–Trinajstić information content (AvgIpc) is 2.39. The number of fused-ring (bicyclic) bond motifs is 1. The second-order valence-electron chi connectivity index (χ2n) is 4.70. The van der Waals surface area contributed by atoms with Crippen molar-refractivity contribution in [3.8, 4) is 0 Å². The summed E-state index contributed by atoms with van der Waals surface area (Å²) >= 11 is 0. The summed E-state index contributed by atoms with van der Waals surface area (Å²) in [4.78, 5) is 0. The molecule has 0 bridgehead atoms. The Morgan fingerprint density at radius 2 is 1.78 bits per heavy atom. The first kappa shape index (κ1) is 13.1. The molecule has 2 aromatic rings. The van der Waals surface area contributed by atoms with Crippen LogP contribution in [0.15, 0.2) is 48.5 Å². The fourth-order valence-electron chi connectivity index (χ4n) is 2.76. The van der Waals surface area contributed by atoms with Crippen LogP contribution in [0.3, 0.4) is 0 Å². The fourth-order valence-corrected chi connectivity index (χ4v) is 2.76. The molecule has 18 heavy (non-hydrogen) atoms. The molecule has 0 radical (unpaired) electrons. The summed E-state index contributed by atoms with van der Waals surface area (Å²) in [6.07, 6.45) is 1.14. The van der Waals surface area contributed by atoms with Gasteiger partial charge in [-0.1, -0.05) is 48.5 Å². The number of hydrogen-bond acceptors (Lipinski definition) is 1. The van der Waals surface area contributed by atoms with E-state index in [2.05, 4.69) is 60.8 Å². The summed E-state index contributed by atoms with van der Waals surface area (Å²) in [6, 6.07) is 17.7. The maximum Gasteiger partial charge on any atom is 0.0582 e. The molecule has 0 amide bonds. The Bertz CT molecular complexity index is 522. The molecule has 94 valence electrons. The van der Waals surface area contributed by atoms with Gasteiger partial charge in [0.05, 0.1) is 6.04 Å². The van der Waals surface area contributed by atoms with Crippen molar-refractivity contribution in [1.82, 2.24) is 5.32 Å². The Hall–Kier alpha value is -1.31. The van der Waals surface area contributed by atoms with Crippen LogP contribution in [0.2, 0.25) is 0 Å². The first-order valence-corrected chi connectivity index (χ1v) is 6.23. The molecule has 1 nitrogen and oxygen atoms in total. The first-order valence-electron chi connectivity index (χ1n) is 6.23. The minimum absolute atomic E-state index is 0. The van der Waals surface area contributed by atoms with E-state index in [1.165, 1.54) is 22.3 Å². The van der Waals surface area contributed by atoms with Crippen LogP contribution in [0.25, 0.3) is 0 Å². The van der Waals surface area contributed by atoms with Crippen LogP contribution in [0.4, 0.5) is 0 Å².